The van der Waals surface area contributed by atoms with Crippen LogP contribution < -0.4 is 0 Å². The van der Waals surface area contributed by atoms with Crippen LogP contribution >= 0.6 is 0 Å². The van der Waals surface area contributed by atoms with E-state index in [9.17, 15) is 0 Å². The van der Waals surface area contributed by atoms with Crippen molar-refractivity contribution in [2.24, 2.45) is 40.4 Å². The summed E-state index contributed by atoms with van der Waals surface area (Å²) in [5, 5.41) is 0. The summed E-state index contributed by atoms with van der Waals surface area (Å²) < 4.78 is 0. The van der Waals surface area contributed by atoms with E-state index in [2.05, 4.69) is 19.8 Å². The second kappa shape index (κ2) is 4.78. The van der Waals surface area contributed by atoms with Crippen LogP contribution in [0, 0.1) is 52.8 Å². The largest absolute Gasteiger partial charge is 0.120 e. The van der Waals surface area contributed by atoms with Crippen LogP contribution in [0.1, 0.15) is 78.1 Å². The van der Waals surface area contributed by atoms with Gasteiger partial charge in [-0.15, -0.1) is 12.3 Å². The molecular formula is C21H32. The highest BCUT2D eigenvalue weighted by Gasteiger charge is 2.59. The molecule has 0 radical (unpaired) electrons. The number of hydrogen-bond donors (Lipinski definition) is 0. The molecule has 0 aromatic rings. The van der Waals surface area contributed by atoms with Gasteiger partial charge in [-0.3, -0.25) is 0 Å². The van der Waals surface area contributed by atoms with Crippen molar-refractivity contribution in [3.63, 3.8) is 0 Å². The van der Waals surface area contributed by atoms with Gasteiger partial charge in [-0.1, -0.05) is 26.7 Å². The van der Waals surface area contributed by atoms with Crippen molar-refractivity contribution >= 4 is 0 Å². The number of rotatable bonds is 0. The Balaban J connectivity index is 1.64. The molecular weight excluding hydrogens is 252 g/mol. The summed E-state index contributed by atoms with van der Waals surface area (Å²) in [6, 6.07) is 0. The van der Waals surface area contributed by atoms with Crippen LogP contribution in [-0.4, -0.2) is 0 Å². The topological polar surface area (TPSA) is 0 Å². The molecule has 0 nitrogen and oxygen atoms in total. The summed E-state index contributed by atoms with van der Waals surface area (Å²) in [6.45, 7) is 5.21. The fourth-order valence-electron chi connectivity index (χ4n) is 7.57. The van der Waals surface area contributed by atoms with Gasteiger partial charge in [0.25, 0.3) is 0 Å². The lowest BCUT2D eigenvalue weighted by Crippen LogP contribution is -2.52. The molecule has 7 atom stereocenters. The summed E-state index contributed by atoms with van der Waals surface area (Å²) in [5.41, 5.74) is 1.16. The quantitative estimate of drug-likeness (QED) is 0.503. The molecule has 0 bridgehead atoms. The van der Waals surface area contributed by atoms with E-state index in [4.69, 9.17) is 6.42 Å². The lowest BCUT2D eigenvalue weighted by molar-refractivity contribution is -0.107. The zero-order chi connectivity index (χ0) is 14.7. The molecule has 4 fully saturated rings. The van der Waals surface area contributed by atoms with Gasteiger partial charge in [0.05, 0.1) is 0 Å². The van der Waals surface area contributed by atoms with Gasteiger partial charge >= 0.3 is 0 Å². The molecule has 1 unspecified atom stereocenters. The Hall–Kier alpha value is -0.440. The third-order valence-electron chi connectivity index (χ3n) is 8.78. The molecule has 4 aliphatic carbocycles. The van der Waals surface area contributed by atoms with Gasteiger partial charge in [0.1, 0.15) is 0 Å². The van der Waals surface area contributed by atoms with Crippen LogP contribution in [0.2, 0.25) is 0 Å². The van der Waals surface area contributed by atoms with Gasteiger partial charge in [-0.25, -0.2) is 0 Å². The first-order valence-electron chi connectivity index (χ1n) is 9.56. The number of hydrogen-bond acceptors (Lipinski definition) is 0. The predicted octanol–water partition coefficient (Wildman–Crippen LogP) is 5.67. The fraction of sp³-hybridized carbons (Fsp3) is 0.905. The molecule has 0 heteroatoms. The van der Waals surface area contributed by atoms with Crippen LogP contribution in [0.3, 0.4) is 0 Å². The van der Waals surface area contributed by atoms with E-state index in [0.29, 0.717) is 16.7 Å². The standard InChI is InChI=1S/C21H32/c1-4-15-9-11-18-17-10-8-16-7-5-6-13-20(16,2)19(17)12-14-21(15,18)3/h1,15-19H,5-14H2,2-3H3/t15-,16?,17+,18+,19+,20+,21-/m1/s1. The van der Waals surface area contributed by atoms with Crippen molar-refractivity contribution < 1.29 is 0 Å². The molecule has 0 spiro atoms. The predicted molar refractivity (Wildman–Crippen MR) is 88.7 cm³/mol. The number of terminal acetylenes is 1. The third-order valence-corrected chi connectivity index (χ3v) is 8.78. The number of fused-ring (bicyclic) bond motifs is 5. The monoisotopic (exact) mass is 284 g/mol. The van der Waals surface area contributed by atoms with E-state index >= 15 is 0 Å². The van der Waals surface area contributed by atoms with Crippen molar-refractivity contribution in [2.75, 3.05) is 0 Å². The third kappa shape index (κ3) is 1.82. The maximum atomic E-state index is 5.88. The van der Waals surface area contributed by atoms with E-state index < -0.39 is 0 Å². The molecule has 0 N–H and O–H groups in total. The Labute approximate surface area is 131 Å². The molecule has 0 aliphatic heterocycles. The fourth-order valence-corrected chi connectivity index (χ4v) is 7.57. The van der Waals surface area contributed by atoms with Gasteiger partial charge < -0.3 is 0 Å². The maximum absolute atomic E-state index is 5.88. The first-order valence-corrected chi connectivity index (χ1v) is 9.56. The van der Waals surface area contributed by atoms with Crippen LogP contribution in [0.15, 0.2) is 0 Å². The highest BCUT2D eigenvalue weighted by Crippen LogP contribution is 2.67. The Morgan fingerprint density at radius 2 is 1.62 bits per heavy atom. The lowest BCUT2D eigenvalue weighted by Gasteiger charge is -2.60. The van der Waals surface area contributed by atoms with Crippen LogP contribution in [0.4, 0.5) is 0 Å². The zero-order valence-corrected chi connectivity index (χ0v) is 14.0. The average molecular weight is 284 g/mol. The molecule has 4 saturated carbocycles. The van der Waals surface area contributed by atoms with Crippen molar-refractivity contribution in [3.8, 4) is 12.3 Å². The molecule has 0 aromatic carbocycles. The molecule has 0 amide bonds. The summed E-state index contributed by atoms with van der Waals surface area (Å²) >= 11 is 0. The van der Waals surface area contributed by atoms with Gasteiger partial charge in [-0.05, 0) is 85.9 Å². The van der Waals surface area contributed by atoms with Gasteiger partial charge in [0, 0.05) is 5.92 Å². The van der Waals surface area contributed by atoms with Gasteiger partial charge in [0.2, 0.25) is 0 Å². The Morgan fingerprint density at radius 1 is 0.810 bits per heavy atom. The first-order chi connectivity index (χ1) is 10.1. The van der Waals surface area contributed by atoms with Crippen LogP contribution in [0.5, 0.6) is 0 Å². The van der Waals surface area contributed by atoms with E-state index in [1.807, 2.05) is 0 Å². The maximum Gasteiger partial charge on any atom is 0.0256 e. The smallest absolute Gasteiger partial charge is 0.0256 e. The van der Waals surface area contributed by atoms with Gasteiger partial charge in [-0.2, -0.15) is 0 Å². The minimum absolute atomic E-state index is 0.480. The lowest BCUT2D eigenvalue weighted by atomic mass is 9.45. The normalized spacial score (nSPS) is 56.0. The molecule has 0 aromatic heterocycles. The highest BCUT2D eigenvalue weighted by atomic mass is 14.6. The Morgan fingerprint density at radius 3 is 2.43 bits per heavy atom. The van der Waals surface area contributed by atoms with Crippen LogP contribution in [-0.2, 0) is 0 Å². The Bertz CT molecular complexity index is 457. The van der Waals surface area contributed by atoms with Crippen molar-refractivity contribution in [3.05, 3.63) is 0 Å². The van der Waals surface area contributed by atoms with E-state index in [1.165, 1.54) is 64.2 Å². The molecule has 4 rings (SSSR count). The summed E-state index contributed by atoms with van der Waals surface area (Å²) in [4.78, 5) is 0. The minimum Gasteiger partial charge on any atom is -0.120 e. The second-order valence-electron chi connectivity index (χ2n) is 9.24. The molecule has 4 aliphatic rings. The summed E-state index contributed by atoms with van der Waals surface area (Å²) in [6.07, 6.45) is 20.6. The molecule has 116 valence electrons. The highest BCUT2D eigenvalue weighted by molar-refractivity contribution is 5.14. The average Bonchev–Trinajstić information content (AvgIpc) is 2.83. The van der Waals surface area contributed by atoms with E-state index in [0.717, 1.165) is 23.7 Å². The minimum atomic E-state index is 0.480. The van der Waals surface area contributed by atoms with Crippen molar-refractivity contribution in [1.29, 1.82) is 0 Å². The van der Waals surface area contributed by atoms with E-state index in [-0.39, 0.29) is 0 Å². The zero-order valence-electron chi connectivity index (χ0n) is 14.0. The van der Waals surface area contributed by atoms with Crippen LogP contribution in [0.25, 0.3) is 0 Å². The second-order valence-corrected chi connectivity index (χ2v) is 9.24. The SMILES string of the molecule is C#C[C@@H]1CC[C@H]2[C@@H]3CCC4CCCC[C@]4(C)[C@H]3CC[C@]12C. The molecule has 0 heterocycles. The molecule has 0 saturated heterocycles. The van der Waals surface area contributed by atoms with Crippen molar-refractivity contribution in [2.45, 2.75) is 78.1 Å². The van der Waals surface area contributed by atoms with Gasteiger partial charge in [0.15, 0.2) is 0 Å². The molecule has 21 heavy (non-hydrogen) atoms. The van der Waals surface area contributed by atoms with E-state index in [1.54, 1.807) is 0 Å². The summed E-state index contributed by atoms with van der Waals surface area (Å²) in [5.74, 6) is 7.74. The van der Waals surface area contributed by atoms with Crippen molar-refractivity contribution in [1.82, 2.24) is 0 Å². The Kier molecular flexibility index (Phi) is 3.22. The summed E-state index contributed by atoms with van der Waals surface area (Å²) in [7, 11) is 0. The first kappa shape index (κ1) is 14.2.